The molecule has 0 radical (unpaired) electrons. The van der Waals surface area contributed by atoms with Crippen LogP contribution < -0.4 is 15.0 Å². The Morgan fingerprint density at radius 3 is 2.34 bits per heavy atom. The van der Waals surface area contributed by atoms with Crippen molar-refractivity contribution in [1.29, 1.82) is 0 Å². The predicted molar refractivity (Wildman–Crippen MR) is 108 cm³/mol. The number of anilines is 2. The molecule has 1 atom stereocenters. The zero-order valence-electron chi connectivity index (χ0n) is 16.3. The first-order valence-corrected chi connectivity index (χ1v) is 9.17. The monoisotopic (exact) mass is 397 g/mol. The first-order chi connectivity index (χ1) is 14.0. The highest BCUT2D eigenvalue weighted by Gasteiger charge is 2.46. The van der Waals surface area contributed by atoms with Crippen LogP contribution in [0, 0.1) is 0 Å². The minimum absolute atomic E-state index is 0.143. The van der Waals surface area contributed by atoms with E-state index in [1.807, 2.05) is 6.07 Å². The minimum atomic E-state index is -0.900. The van der Waals surface area contributed by atoms with Gasteiger partial charge in [0.15, 0.2) is 0 Å². The van der Waals surface area contributed by atoms with E-state index in [4.69, 9.17) is 9.47 Å². The fraction of sp³-hybridized carbons (Fsp3) is 0.286. The van der Waals surface area contributed by atoms with Crippen LogP contribution in [0.4, 0.5) is 16.2 Å². The minimum Gasteiger partial charge on any atom is -0.497 e. The van der Waals surface area contributed by atoms with Gasteiger partial charge in [0.25, 0.3) is 5.91 Å². The topological polar surface area (TPSA) is 88.2 Å². The Morgan fingerprint density at radius 2 is 1.72 bits per heavy atom. The molecule has 0 aliphatic carbocycles. The largest absolute Gasteiger partial charge is 0.497 e. The number of carbonyl (C=O) groups excluding carboxylic acids is 3. The first-order valence-electron chi connectivity index (χ1n) is 9.17. The molecule has 1 heterocycles. The van der Waals surface area contributed by atoms with Crippen LogP contribution in [0.2, 0.25) is 0 Å². The Labute approximate surface area is 169 Å². The summed E-state index contributed by atoms with van der Waals surface area (Å²) in [4.78, 5) is 41.0. The molecule has 8 nitrogen and oxygen atoms in total. The molecule has 8 heteroatoms. The van der Waals surface area contributed by atoms with Crippen LogP contribution in [0.25, 0.3) is 0 Å². The van der Waals surface area contributed by atoms with E-state index >= 15 is 0 Å². The standard InChI is InChI=1S/C21H23N3O5/c1-28-13-12-23-18(14-19(25)22-15-6-4-3-5-7-15)20(26)24(21(23)27)16-8-10-17(29-2)11-9-16/h3-11,18H,12-14H2,1-2H3,(H,22,25)/t18-/m0/s1. The van der Waals surface area contributed by atoms with Gasteiger partial charge in [-0.1, -0.05) is 18.2 Å². The third-order valence-corrected chi connectivity index (χ3v) is 4.62. The Bertz CT molecular complexity index is 870. The molecule has 1 N–H and O–H groups in total. The Kier molecular flexibility index (Phi) is 6.46. The lowest BCUT2D eigenvalue weighted by Gasteiger charge is -2.21. The molecule has 152 valence electrons. The lowest BCUT2D eigenvalue weighted by molar-refractivity contribution is -0.124. The number of ether oxygens (including phenoxy) is 2. The van der Waals surface area contributed by atoms with Crippen molar-refractivity contribution in [2.24, 2.45) is 0 Å². The Balaban J connectivity index is 1.80. The Hall–Kier alpha value is -3.39. The summed E-state index contributed by atoms with van der Waals surface area (Å²) in [7, 11) is 3.05. The summed E-state index contributed by atoms with van der Waals surface area (Å²) in [6.07, 6.45) is -0.143. The molecule has 1 fully saturated rings. The average molecular weight is 397 g/mol. The van der Waals surface area contributed by atoms with Crippen LogP contribution in [0.1, 0.15) is 6.42 Å². The molecule has 3 rings (SSSR count). The number of imide groups is 1. The molecule has 0 aromatic heterocycles. The molecule has 4 amide bonds. The number of nitrogens with one attached hydrogen (secondary N) is 1. The lowest BCUT2D eigenvalue weighted by Crippen LogP contribution is -2.39. The number of rotatable bonds is 8. The van der Waals surface area contributed by atoms with Gasteiger partial charge in [-0.05, 0) is 36.4 Å². The molecular formula is C21H23N3O5. The highest BCUT2D eigenvalue weighted by atomic mass is 16.5. The van der Waals surface area contributed by atoms with Crippen molar-refractivity contribution >= 4 is 29.2 Å². The molecule has 29 heavy (non-hydrogen) atoms. The van der Waals surface area contributed by atoms with Crippen LogP contribution >= 0.6 is 0 Å². The molecule has 1 aliphatic heterocycles. The second-order valence-corrected chi connectivity index (χ2v) is 6.47. The number of carbonyl (C=O) groups is 3. The second-order valence-electron chi connectivity index (χ2n) is 6.47. The van der Waals surface area contributed by atoms with Gasteiger partial charge in [0.05, 0.1) is 25.8 Å². The number of benzene rings is 2. The van der Waals surface area contributed by atoms with E-state index < -0.39 is 18.0 Å². The predicted octanol–water partition coefficient (Wildman–Crippen LogP) is 2.51. The first kappa shape index (κ1) is 20.3. The second kappa shape index (κ2) is 9.20. The zero-order chi connectivity index (χ0) is 20.8. The summed E-state index contributed by atoms with van der Waals surface area (Å²) in [5.41, 5.74) is 1.05. The van der Waals surface area contributed by atoms with Gasteiger partial charge in [-0.2, -0.15) is 0 Å². The molecule has 0 unspecified atom stereocenters. The van der Waals surface area contributed by atoms with E-state index in [2.05, 4.69) is 5.32 Å². The van der Waals surface area contributed by atoms with Crippen molar-refractivity contribution in [1.82, 2.24) is 4.90 Å². The van der Waals surface area contributed by atoms with Crippen molar-refractivity contribution in [3.05, 3.63) is 54.6 Å². The molecule has 0 spiro atoms. The van der Waals surface area contributed by atoms with Crippen LogP contribution in [0.3, 0.4) is 0 Å². The molecule has 1 saturated heterocycles. The number of urea groups is 1. The van der Waals surface area contributed by atoms with E-state index in [-0.39, 0.29) is 25.5 Å². The maximum atomic E-state index is 13.0. The molecule has 2 aromatic carbocycles. The average Bonchev–Trinajstić information content (AvgIpc) is 2.96. The van der Waals surface area contributed by atoms with E-state index in [1.165, 1.54) is 19.1 Å². The van der Waals surface area contributed by atoms with Crippen molar-refractivity contribution in [2.75, 3.05) is 37.6 Å². The van der Waals surface area contributed by atoms with E-state index in [0.29, 0.717) is 17.1 Å². The highest BCUT2D eigenvalue weighted by molar-refractivity contribution is 6.22. The fourth-order valence-corrected chi connectivity index (χ4v) is 3.16. The normalized spacial score (nSPS) is 16.3. The molecule has 1 aliphatic rings. The maximum Gasteiger partial charge on any atom is 0.332 e. The summed E-state index contributed by atoms with van der Waals surface area (Å²) >= 11 is 0. The molecular weight excluding hydrogens is 374 g/mol. The fourth-order valence-electron chi connectivity index (χ4n) is 3.16. The number of para-hydroxylation sites is 1. The van der Waals surface area contributed by atoms with Crippen molar-refractivity contribution in [3.8, 4) is 5.75 Å². The van der Waals surface area contributed by atoms with Gasteiger partial charge in [-0.3, -0.25) is 9.59 Å². The van der Waals surface area contributed by atoms with Gasteiger partial charge < -0.3 is 19.7 Å². The number of amides is 4. The van der Waals surface area contributed by atoms with Gasteiger partial charge in [0, 0.05) is 19.3 Å². The van der Waals surface area contributed by atoms with Crippen LogP contribution in [0.15, 0.2) is 54.6 Å². The SMILES string of the molecule is COCCN1C(=O)N(c2ccc(OC)cc2)C(=O)[C@@H]1CC(=O)Nc1ccccc1. The summed E-state index contributed by atoms with van der Waals surface area (Å²) in [6.45, 7) is 0.462. The van der Waals surface area contributed by atoms with E-state index in [9.17, 15) is 14.4 Å². The lowest BCUT2D eigenvalue weighted by atomic mass is 10.1. The summed E-state index contributed by atoms with van der Waals surface area (Å²) in [5.74, 6) is -0.177. The molecule has 0 bridgehead atoms. The van der Waals surface area contributed by atoms with Gasteiger partial charge >= 0.3 is 6.03 Å². The number of hydrogen-bond donors (Lipinski definition) is 1. The number of hydrogen-bond acceptors (Lipinski definition) is 5. The van der Waals surface area contributed by atoms with E-state index in [0.717, 1.165) is 4.90 Å². The van der Waals surface area contributed by atoms with Crippen LogP contribution in [0.5, 0.6) is 5.75 Å². The third kappa shape index (κ3) is 4.55. The van der Waals surface area contributed by atoms with Gasteiger partial charge in [-0.25, -0.2) is 9.69 Å². The summed E-state index contributed by atoms with van der Waals surface area (Å²) in [6, 6.07) is 14.2. The van der Waals surface area contributed by atoms with Gasteiger partial charge in [-0.15, -0.1) is 0 Å². The summed E-state index contributed by atoms with van der Waals surface area (Å²) in [5, 5.41) is 2.76. The van der Waals surface area contributed by atoms with E-state index in [1.54, 1.807) is 48.5 Å². The summed E-state index contributed by atoms with van der Waals surface area (Å²) < 4.78 is 10.2. The highest BCUT2D eigenvalue weighted by Crippen LogP contribution is 2.28. The van der Waals surface area contributed by atoms with Crippen molar-refractivity contribution in [3.63, 3.8) is 0 Å². The van der Waals surface area contributed by atoms with Gasteiger partial charge in [0.2, 0.25) is 5.91 Å². The van der Waals surface area contributed by atoms with Crippen molar-refractivity contribution in [2.45, 2.75) is 12.5 Å². The zero-order valence-corrected chi connectivity index (χ0v) is 16.3. The molecule has 2 aromatic rings. The van der Waals surface area contributed by atoms with Crippen LogP contribution in [-0.2, 0) is 14.3 Å². The maximum absolute atomic E-state index is 13.0. The van der Waals surface area contributed by atoms with Gasteiger partial charge in [0.1, 0.15) is 11.8 Å². The number of nitrogens with zero attached hydrogens (tertiary/aromatic N) is 2. The Morgan fingerprint density at radius 1 is 1.03 bits per heavy atom. The quantitative estimate of drug-likeness (QED) is 0.692. The number of methoxy groups -OCH3 is 2. The third-order valence-electron chi connectivity index (χ3n) is 4.62. The smallest absolute Gasteiger partial charge is 0.332 e. The molecule has 0 saturated carbocycles. The van der Waals surface area contributed by atoms with Crippen LogP contribution in [-0.4, -0.2) is 56.2 Å². The van der Waals surface area contributed by atoms with Crippen molar-refractivity contribution < 1.29 is 23.9 Å².